The van der Waals surface area contributed by atoms with Crippen molar-refractivity contribution >= 4 is 11.8 Å². The van der Waals surface area contributed by atoms with Crippen molar-refractivity contribution in [1.82, 2.24) is 9.80 Å². The highest BCUT2D eigenvalue weighted by Gasteiger charge is 2.52. The average molecular weight is 304 g/mol. The Balaban J connectivity index is 2.26. The summed E-state index contributed by atoms with van der Waals surface area (Å²) < 4.78 is 38.4. The van der Waals surface area contributed by atoms with Crippen molar-refractivity contribution in [3.8, 4) is 0 Å². The molecule has 1 saturated carbocycles. The van der Waals surface area contributed by atoms with E-state index in [0.717, 1.165) is 30.2 Å². The smallest absolute Gasteiger partial charge is 0.335 e. The molecule has 0 aromatic carbocycles. The quantitative estimate of drug-likeness (QED) is 0.696. The molecule has 4 nitrogen and oxygen atoms in total. The molecule has 7 heteroatoms. The fourth-order valence-electron chi connectivity index (χ4n) is 3.40. The number of carbonyl (C=O) groups excluding carboxylic acids is 2. The molecule has 1 spiro atoms. The zero-order valence-electron chi connectivity index (χ0n) is 11.8. The Morgan fingerprint density at radius 1 is 1.10 bits per heavy atom. The molecule has 1 heterocycles. The Kier molecular flexibility index (Phi) is 4.30. The van der Waals surface area contributed by atoms with E-state index in [0.29, 0.717) is 12.8 Å². The van der Waals surface area contributed by atoms with Gasteiger partial charge in [-0.2, -0.15) is 13.2 Å². The molecule has 2 rings (SSSR count). The van der Waals surface area contributed by atoms with Crippen LogP contribution in [0, 0.1) is 0 Å². The summed E-state index contributed by atoms with van der Waals surface area (Å²) in [5.74, 6) is -2.07. The van der Waals surface area contributed by atoms with E-state index in [9.17, 15) is 22.8 Å². The summed E-state index contributed by atoms with van der Waals surface area (Å²) in [7, 11) is 0. The van der Waals surface area contributed by atoms with Gasteiger partial charge in [0, 0.05) is 19.6 Å². The maximum absolute atomic E-state index is 12.8. The molecule has 21 heavy (non-hydrogen) atoms. The molecule has 0 atom stereocenters. The number of rotatable bonds is 1. The summed E-state index contributed by atoms with van der Waals surface area (Å²) in [6.07, 6.45) is -0.182. The predicted molar refractivity (Wildman–Crippen MR) is 70.4 cm³/mol. The van der Waals surface area contributed by atoms with Crippen molar-refractivity contribution in [3.05, 3.63) is 12.7 Å². The molecule has 0 aromatic rings. The van der Waals surface area contributed by atoms with Crippen molar-refractivity contribution < 1.29 is 22.8 Å². The van der Waals surface area contributed by atoms with Gasteiger partial charge in [0.25, 0.3) is 0 Å². The van der Waals surface area contributed by atoms with Crippen molar-refractivity contribution in [1.29, 1.82) is 0 Å². The molecule has 0 unspecified atom stereocenters. The molecule has 0 aromatic heterocycles. The minimum Gasteiger partial charge on any atom is -0.335 e. The molecule has 2 amide bonds. The third-order valence-corrected chi connectivity index (χ3v) is 4.41. The molecule has 0 bridgehead atoms. The summed E-state index contributed by atoms with van der Waals surface area (Å²) in [4.78, 5) is 25.9. The van der Waals surface area contributed by atoms with Crippen LogP contribution in [0.3, 0.4) is 0 Å². The van der Waals surface area contributed by atoms with E-state index in [1.807, 2.05) is 0 Å². The van der Waals surface area contributed by atoms with Gasteiger partial charge in [0.05, 0.1) is 5.54 Å². The first-order valence-corrected chi connectivity index (χ1v) is 7.10. The van der Waals surface area contributed by atoms with Gasteiger partial charge >= 0.3 is 12.1 Å². The number of carbonyl (C=O) groups is 2. The Morgan fingerprint density at radius 2 is 1.71 bits per heavy atom. The summed E-state index contributed by atoms with van der Waals surface area (Å²) in [5.41, 5.74) is -0.873. The standard InChI is InChI=1S/C14H19F3N2O2/c1-2-11(20)18-8-9-19(12(21)14(15,16)17)13(10-18)6-4-3-5-7-13/h2H,1,3-10H2. The second kappa shape index (κ2) is 5.69. The number of nitrogens with zero attached hydrogens (tertiary/aromatic N) is 2. The Bertz CT molecular complexity index is 442. The van der Waals surface area contributed by atoms with Gasteiger partial charge in [-0.05, 0) is 18.9 Å². The van der Waals surface area contributed by atoms with Crippen molar-refractivity contribution in [2.45, 2.75) is 43.8 Å². The minimum absolute atomic E-state index is 0.0715. The fourth-order valence-corrected chi connectivity index (χ4v) is 3.40. The molecule has 0 radical (unpaired) electrons. The van der Waals surface area contributed by atoms with Gasteiger partial charge < -0.3 is 9.80 Å². The van der Waals surface area contributed by atoms with Crippen LogP contribution in [0.15, 0.2) is 12.7 Å². The first-order valence-electron chi connectivity index (χ1n) is 7.10. The first-order chi connectivity index (χ1) is 9.80. The van der Waals surface area contributed by atoms with E-state index in [-0.39, 0.29) is 25.5 Å². The SMILES string of the molecule is C=CC(=O)N1CCN(C(=O)C(F)(F)F)C2(CCCCC2)C1. The fraction of sp³-hybridized carbons (Fsp3) is 0.714. The highest BCUT2D eigenvalue weighted by Crippen LogP contribution is 2.38. The van der Waals surface area contributed by atoms with Crippen LogP contribution < -0.4 is 0 Å². The molecule has 2 aliphatic rings. The largest absolute Gasteiger partial charge is 0.471 e. The Morgan fingerprint density at radius 3 is 2.24 bits per heavy atom. The second-order valence-corrected chi connectivity index (χ2v) is 5.70. The lowest BCUT2D eigenvalue weighted by molar-refractivity contribution is -0.197. The number of hydrogen-bond acceptors (Lipinski definition) is 2. The van der Waals surface area contributed by atoms with Gasteiger partial charge in [-0.3, -0.25) is 9.59 Å². The number of halogens is 3. The second-order valence-electron chi connectivity index (χ2n) is 5.70. The average Bonchev–Trinajstić information content (AvgIpc) is 2.45. The molecule has 2 fully saturated rings. The molecule has 1 aliphatic heterocycles. The zero-order valence-corrected chi connectivity index (χ0v) is 11.8. The van der Waals surface area contributed by atoms with Gasteiger partial charge in [0.15, 0.2) is 0 Å². The molecule has 1 saturated heterocycles. The van der Waals surface area contributed by atoms with E-state index in [1.54, 1.807) is 0 Å². The number of hydrogen-bond donors (Lipinski definition) is 0. The van der Waals surface area contributed by atoms with Crippen LogP contribution in [-0.4, -0.2) is 53.0 Å². The molecule has 0 N–H and O–H groups in total. The number of alkyl halides is 3. The molecular formula is C14H19F3N2O2. The van der Waals surface area contributed by atoms with Gasteiger partial charge in [-0.15, -0.1) is 0 Å². The van der Waals surface area contributed by atoms with Crippen LogP contribution in [0.25, 0.3) is 0 Å². The maximum atomic E-state index is 12.8. The summed E-state index contributed by atoms with van der Waals surface area (Å²) in [5, 5.41) is 0. The minimum atomic E-state index is -4.87. The molecular weight excluding hydrogens is 285 g/mol. The lowest BCUT2D eigenvalue weighted by Crippen LogP contribution is -2.67. The van der Waals surface area contributed by atoms with E-state index in [1.165, 1.54) is 4.90 Å². The number of piperazine rings is 1. The van der Waals surface area contributed by atoms with E-state index < -0.39 is 17.6 Å². The van der Waals surface area contributed by atoms with E-state index in [4.69, 9.17) is 0 Å². The van der Waals surface area contributed by atoms with Crippen LogP contribution in [0.2, 0.25) is 0 Å². The summed E-state index contributed by atoms with van der Waals surface area (Å²) >= 11 is 0. The lowest BCUT2D eigenvalue weighted by Gasteiger charge is -2.52. The topological polar surface area (TPSA) is 40.6 Å². The molecule has 118 valence electrons. The maximum Gasteiger partial charge on any atom is 0.471 e. The molecule has 1 aliphatic carbocycles. The third-order valence-electron chi connectivity index (χ3n) is 4.41. The van der Waals surface area contributed by atoms with E-state index in [2.05, 4.69) is 6.58 Å². The van der Waals surface area contributed by atoms with Crippen LogP contribution in [-0.2, 0) is 9.59 Å². The highest BCUT2D eigenvalue weighted by molar-refractivity contribution is 5.88. The zero-order chi connectivity index (χ0) is 15.7. The summed E-state index contributed by atoms with van der Waals surface area (Å²) in [6.45, 7) is 3.63. The first kappa shape index (κ1) is 15.9. The van der Waals surface area contributed by atoms with Gasteiger partial charge in [-0.1, -0.05) is 25.8 Å². The van der Waals surface area contributed by atoms with Crippen LogP contribution >= 0.6 is 0 Å². The highest BCUT2D eigenvalue weighted by atomic mass is 19.4. The van der Waals surface area contributed by atoms with Gasteiger partial charge in [0.1, 0.15) is 0 Å². The lowest BCUT2D eigenvalue weighted by atomic mass is 9.78. The van der Waals surface area contributed by atoms with Crippen molar-refractivity contribution in [3.63, 3.8) is 0 Å². The van der Waals surface area contributed by atoms with E-state index >= 15 is 0 Å². The van der Waals surface area contributed by atoms with Crippen molar-refractivity contribution in [2.75, 3.05) is 19.6 Å². The van der Waals surface area contributed by atoms with Crippen LogP contribution in [0.5, 0.6) is 0 Å². The predicted octanol–water partition coefficient (Wildman–Crippen LogP) is 2.11. The Labute approximate surface area is 121 Å². The van der Waals surface area contributed by atoms with Crippen LogP contribution in [0.1, 0.15) is 32.1 Å². The van der Waals surface area contributed by atoms with Crippen molar-refractivity contribution in [2.24, 2.45) is 0 Å². The summed E-state index contributed by atoms with van der Waals surface area (Å²) in [6, 6.07) is 0. The van der Waals surface area contributed by atoms with Gasteiger partial charge in [-0.25, -0.2) is 0 Å². The Hall–Kier alpha value is -1.53. The number of amides is 2. The third kappa shape index (κ3) is 3.06. The normalized spacial score (nSPS) is 22.2. The monoisotopic (exact) mass is 304 g/mol. The van der Waals surface area contributed by atoms with Crippen LogP contribution in [0.4, 0.5) is 13.2 Å². The van der Waals surface area contributed by atoms with Gasteiger partial charge in [0.2, 0.25) is 5.91 Å².